The number of carbonyl (C=O) groups excluding carboxylic acids is 1. The average Bonchev–Trinajstić information content (AvgIpc) is 2.20. The van der Waals surface area contributed by atoms with Crippen molar-refractivity contribution in [2.45, 2.75) is 77.6 Å². The molecule has 18 heavy (non-hydrogen) atoms. The predicted octanol–water partition coefficient (Wildman–Crippen LogP) is -3.33. The molecule has 0 aliphatic rings. The number of rotatable bonds is 11. The van der Waals surface area contributed by atoms with Crippen molar-refractivity contribution in [3.63, 3.8) is 0 Å². The Hall–Kier alpha value is 0.582. The second-order valence-corrected chi connectivity index (χ2v) is 4.30. The number of unbranched alkanes of at least 4 members (excludes halogenated alkanes) is 9. The zero-order valence-electron chi connectivity index (χ0n) is 11.4. The van der Waals surface area contributed by atoms with Crippen molar-refractivity contribution in [1.82, 2.24) is 0 Å². The molecule has 0 aliphatic heterocycles. The molecule has 0 aromatic heterocycles. The van der Waals surface area contributed by atoms with Crippen molar-refractivity contribution < 1.29 is 34.7 Å². The van der Waals surface area contributed by atoms with Gasteiger partial charge >= 0.3 is 17.4 Å². The average molecular weight is 311 g/mol. The van der Waals surface area contributed by atoms with Gasteiger partial charge in [0.2, 0.25) is 0 Å². The summed E-state index contributed by atoms with van der Waals surface area (Å²) in [6.07, 6.45) is 12.6. The summed E-state index contributed by atoms with van der Waals surface area (Å²) in [7, 11) is 0. The molecule has 0 atom stereocenters. The van der Waals surface area contributed by atoms with E-state index < -0.39 is 5.97 Å². The maximum atomic E-state index is 10.1. The maximum absolute atomic E-state index is 10.1. The standard InChI is InChI=1S/C13H26O2.Al.2ClH/c1-2-3-4-5-6-7-8-9-10-11-12-13(14)15;;;/h2-12H2,1H3,(H,14,15);;2*1H/q;+3;;/p-3. The molecular formula is C13H25AlCl2O2. The summed E-state index contributed by atoms with van der Waals surface area (Å²) >= 11 is 0. The molecule has 0 saturated carbocycles. The summed E-state index contributed by atoms with van der Waals surface area (Å²) in [5.74, 6) is -0.908. The van der Waals surface area contributed by atoms with Crippen LogP contribution in [0.2, 0.25) is 0 Å². The number of hydrogen-bond acceptors (Lipinski definition) is 2. The number of carboxylic acids is 1. The summed E-state index contributed by atoms with van der Waals surface area (Å²) in [5, 5.41) is 10.1. The molecule has 0 N–H and O–H groups in total. The molecule has 0 aromatic carbocycles. The molecule has 0 radical (unpaired) electrons. The summed E-state index contributed by atoms with van der Waals surface area (Å²) in [4.78, 5) is 10.1. The molecule has 0 aromatic rings. The van der Waals surface area contributed by atoms with Gasteiger partial charge in [-0.2, -0.15) is 0 Å². The van der Waals surface area contributed by atoms with Gasteiger partial charge in [-0.1, -0.05) is 64.7 Å². The molecule has 0 spiro atoms. The normalized spacial score (nSPS) is 8.72. The van der Waals surface area contributed by atoms with Gasteiger partial charge in [0.1, 0.15) is 0 Å². The molecule has 0 amide bonds. The number of carboxylic acid groups (broad SMARTS) is 1. The fourth-order valence-corrected chi connectivity index (χ4v) is 1.76. The Morgan fingerprint density at radius 3 is 1.44 bits per heavy atom. The van der Waals surface area contributed by atoms with Crippen molar-refractivity contribution >= 4 is 23.3 Å². The van der Waals surface area contributed by atoms with Crippen molar-refractivity contribution in [2.75, 3.05) is 0 Å². The first kappa shape index (κ1) is 27.0. The third kappa shape index (κ3) is 25.4. The summed E-state index contributed by atoms with van der Waals surface area (Å²) in [6, 6.07) is 0. The van der Waals surface area contributed by atoms with Crippen LogP contribution in [0.3, 0.4) is 0 Å². The van der Waals surface area contributed by atoms with Gasteiger partial charge in [-0.25, -0.2) is 0 Å². The first-order valence-electron chi connectivity index (χ1n) is 6.47. The molecule has 106 valence electrons. The van der Waals surface area contributed by atoms with E-state index in [1.54, 1.807) is 0 Å². The SMILES string of the molecule is CCCCCCCCCCCCC(=O)[O-].[Al+3].[Cl-].[Cl-]. The molecule has 0 aliphatic carbocycles. The van der Waals surface area contributed by atoms with E-state index in [2.05, 4.69) is 6.92 Å². The Morgan fingerprint density at radius 1 is 0.778 bits per heavy atom. The van der Waals surface area contributed by atoms with Crippen molar-refractivity contribution in [3.8, 4) is 0 Å². The Morgan fingerprint density at radius 2 is 1.11 bits per heavy atom. The van der Waals surface area contributed by atoms with E-state index in [0.717, 1.165) is 12.8 Å². The van der Waals surface area contributed by atoms with Crippen LogP contribution < -0.4 is 29.9 Å². The molecule has 0 unspecified atom stereocenters. The fraction of sp³-hybridized carbons (Fsp3) is 0.923. The number of aliphatic carboxylic acids is 1. The van der Waals surface area contributed by atoms with Crippen LogP contribution in [0, 0.1) is 0 Å². The quantitative estimate of drug-likeness (QED) is 0.296. The van der Waals surface area contributed by atoms with E-state index in [0.29, 0.717) is 0 Å². The maximum Gasteiger partial charge on any atom is 3.00 e. The van der Waals surface area contributed by atoms with Gasteiger partial charge in [-0.15, -0.1) is 0 Å². The molecule has 0 fully saturated rings. The van der Waals surface area contributed by atoms with E-state index in [1.165, 1.54) is 51.4 Å². The van der Waals surface area contributed by atoms with Gasteiger partial charge in [0.25, 0.3) is 0 Å². The first-order valence-corrected chi connectivity index (χ1v) is 6.47. The molecule has 0 heterocycles. The Kier molecular flexibility index (Phi) is 34.1. The molecule has 0 rings (SSSR count). The minimum absolute atomic E-state index is 0. The number of carbonyl (C=O) groups is 1. The minimum Gasteiger partial charge on any atom is -1.00 e. The van der Waals surface area contributed by atoms with Crippen molar-refractivity contribution in [3.05, 3.63) is 0 Å². The van der Waals surface area contributed by atoms with Crippen LogP contribution in [0.1, 0.15) is 77.6 Å². The van der Waals surface area contributed by atoms with E-state index in [4.69, 9.17) is 0 Å². The number of hydrogen-bond donors (Lipinski definition) is 0. The smallest absolute Gasteiger partial charge is 1.00 e. The van der Waals surface area contributed by atoms with Crippen LogP contribution in [-0.4, -0.2) is 23.3 Å². The van der Waals surface area contributed by atoms with Gasteiger partial charge in [0, 0.05) is 5.97 Å². The second kappa shape index (κ2) is 22.7. The topological polar surface area (TPSA) is 40.1 Å². The van der Waals surface area contributed by atoms with E-state index in [9.17, 15) is 9.90 Å². The third-order valence-electron chi connectivity index (χ3n) is 2.73. The second-order valence-electron chi connectivity index (χ2n) is 4.30. The minimum atomic E-state index is -0.908. The molecular weight excluding hydrogens is 286 g/mol. The molecule has 5 heteroatoms. The zero-order chi connectivity index (χ0) is 11.4. The molecule has 0 bridgehead atoms. The van der Waals surface area contributed by atoms with Crippen LogP contribution in [0.4, 0.5) is 0 Å². The van der Waals surface area contributed by atoms with Crippen LogP contribution in [0.15, 0.2) is 0 Å². The van der Waals surface area contributed by atoms with Gasteiger partial charge in [0.05, 0.1) is 0 Å². The van der Waals surface area contributed by atoms with Gasteiger partial charge in [-0.05, 0) is 12.8 Å². The van der Waals surface area contributed by atoms with Crippen molar-refractivity contribution in [2.24, 2.45) is 0 Å². The summed E-state index contributed by atoms with van der Waals surface area (Å²) in [6.45, 7) is 2.23. The largest absolute Gasteiger partial charge is 3.00 e. The zero-order valence-corrected chi connectivity index (χ0v) is 14.1. The van der Waals surface area contributed by atoms with Crippen molar-refractivity contribution in [1.29, 1.82) is 0 Å². The Balaban J connectivity index is -0.000000327. The first-order chi connectivity index (χ1) is 7.27. The summed E-state index contributed by atoms with van der Waals surface area (Å²) < 4.78 is 0. The van der Waals surface area contributed by atoms with Gasteiger partial charge in [0.15, 0.2) is 0 Å². The van der Waals surface area contributed by atoms with E-state index in [1.807, 2.05) is 0 Å². The summed E-state index contributed by atoms with van der Waals surface area (Å²) in [5.41, 5.74) is 0. The third-order valence-corrected chi connectivity index (χ3v) is 2.73. The Bertz CT molecular complexity index is 158. The number of halogens is 2. The van der Waals surface area contributed by atoms with Crippen LogP contribution in [0.25, 0.3) is 0 Å². The Labute approximate surface area is 135 Å². The van der Waals surface area contributed by atoms with E-state index in [-0.39, 0.29) is 48.6 Å². The van der Waals surface area contributed by atoms with Gasteiger partial charge < -0.3 is 34.7 Å². The van der Waals surface area contributed by atoms with Crippen LogP contribution in [-0.2, 0) is 4.79 Å². The molecule has 2 nitrogen and oxygen atoms in total. The molecule has 0 saturated heterocycles. The monoisotopic (exact) mass is 310 g/mol. The van der Waals surface area contributed by atoms with E-state index >= 15 is 0 Å². The van der Waals surface area contributed by atoms with Gasteiger partial charge in [-0.3, -0.25) is 0 Å². The fourth-order valence-electron chi connectivity index (χ4n) is 1.76. The van der Waals surface area contributed by atoms with Crippen LogP contribution in [0.5, 0.6) is 0 Å². The van der Waals surface area contributed by atoms with Crippen LogP contribution >= 0.6 is 0 Å². The predicted molar refractivity (Wildman–Crippen MR) is 67.2 cm³/mol.